The van der Waals surface area contributed by atoms with Crippen LogP contribution < -0.4 is 5.84 Å². The Morgan fingerprint density at radius 3 is 2.00 bits per heavy atom. The second-order valence-corrected chi connectivity index (χ2v) is 4.17. The first-order valence-corrected chi connectivity index (χ1v) is 6.21. The van der Waals surface area contributed by atoms with Crippen LogP contribution in [0.5, 0.6) is 5.75 Å². The molecule has 2 rings (SSSR count). The van der Waals surface area contributed by atoms with Crippen molar-refractivity contribution in [2.75, 3.05) is 0 Å². The molecular formula is C12H10N6O7. The average molecular weight is 350 g/mol. The molecule has 13 heteroatoms. The maximum atomic E-state index is 10.4. The van der Waals surface area contributed by atoms with Gasteiger partial charge >= 0.3 is 11.4 Å². The molecule has 0 saturated heterocycles. The van der Waals surface area contributed by atoms with E-state index in [9.17, 15) is 30.3 Å². The summed E-state index contributed by atoms with van der Waals surface area (Å²) in [6.45, 7) is 0. The van der Waals surface area contributed by atoms with E-state index in [1.807, 2.05) is 12.1 Å². The van der Waals surface area contributed by atoms with E-state index in [0.29, 0.717) is 12.1 Å². The Balaban J connectivity index is 0.000000293. The quantitative estimate of drug-likeness (QED) is 0.354. The summed E-state index contributed by atoms with van der Waals surface area (Å²) in [7, 11) is 0. The fourth-order valence-electron chi connectivity index (χ4n) is 1.51. The molecule has 2 aromatic rings. The predicted octanol–water partition coefficient (Wildman–Crippen LogP) is 1.49. The lowest BCUT2D eigenvalue weighted by atomic mass is 10.2. The van der Waals surface area contributed by atoms with Gasteiger partial charge in [-0.15, -0.1) is 0 Å². The van der Waals surface area contributed by atoms with Gasteiger partial charge in [0.2, 0.25) is 0 Å². The first-order valence-electron chi connectivity index (χ1n) is 6.21. The van der Waals surface area contributed by atoms with Crippen molar-refractivity contribution in [3.8, 4) is 5.75 Å². The van der Waals surface area contributed by atoms with Crippen LogP contribution in [0.4, 0.5) is 17.1 Å². The van der Waals surface area contributed by atoms with Gasteiger partial charge in [-0.1, -0.05) is 6.07 Å². The summed E-state index contributed by atoms with van der Waals surface area (Å²) < 4.78 is 0. The second kappa shape index (κ2) is 8.47. The summed E-state index contributed by atoms with van der Waals surface area (Å²) in [5, 5.41) is 43.6. The van der Waals surface area contributed by atoms with Gasteiger partial charge in [0.1, 0.15) is 0 Å². The van der Waals surface area contributed by atoms with Crippen molar-refractivity contribution in [2.45, 2.75) is 0 Å². The van der Waals surface area contributed by atoms with Gasteiger partial charge in [0.05, 0.1) is 33.1 Å². The number of pyridine rings is 1. The van der Waals surface area contributed by atoms with Crippen molar-refractivity contribution in [1.82, 2.24) is 4.98 Å². The van der Waals surface area contributed by atoms with Crippen LogP contribution in [-0.4, -0.2) is 31.1 Å². The topological polar surface area (TPSA) is 201 Å². The molecule has 0 atom stereocenters. The van der Waals surface area contributed by atoms with E-state index in [-0.39, 0.29) is 0 Å². The summed E-state index contributed by atoms with van der Waals surface area (Å²) in [5.41, 5.74) is -2.09. The Labute approximate surface area is 138 Å². The smallest absolute Gasteiger partial charge is 0.324 e. The summed E-state index contributed by atoms with van der Waals surface area (Å²) >= 11 is 0. The van der Waals surface area contributed by atoms with Gasteiger partial charge in [-0.3, -0.25) is 35.3 Å². The van der Waals surface area contributed by atoms with E-state index in [1.165, 1.54) is 0 Å². The Morgan fingerprint density at radius 2 is 1.64 bits per heavy atom. The van der Waals surface area contributed by atoms with Crippen LogP contribution >= 0.6 is 0 Å². The van der Waals surface area contributed by atoms with Gasteiger partial charge in [0, 0.05) is 18.0 Å². The van der Waals surface area contributed by atoms with Crippen LogP contribution in [0.25, 0.3) is 0 Å². The highest BCUT2D eigenvalue weighted by atomic mass is 16.6. The van der Waals surface area contributed by atoms with Gasteiger partial charge in [-0.05, 0) is 6.07 Å². The van der Waals surface area contributed by atoms with Crippen LogP contribution in [0.15, 0.2) is 41.8 Å². The number of phenolic OH excluding ortho intramolecular Hbond substituents is 1. The lowest BCUT2D eigenvalue weighted by Gasteiger charge is -1.97. The molecule has 0 unspecified atom stereocenters. The highest BCUT2D eigenvalue weighted by Gasteiger charge is 2.30. The maximum Gasteiger partial charge on any atom is 0.324 e. The molecule has 1 heterocycles. The van der Waals surface area contributed by atoms with Crippen molar-refractivity contribution >= 4 is 23.3 Å². The van der Waals surface area contributed by atoms with Gasteiger partial charge in [0.25, 0.3) is 11.4 Å². The van der Waals surface area contributed by atoms with Crippen LogP contribution in [-0.2, 0) is 0 Å². The summed E-state index contributed by atoms with van der Waals surface area (Å²) in [4.78, 5) is 31.6. The first kappa shape index (κ1) is 18.9. The van der Waals surface area contributed by atoms with E-state index in [0.717, 1.165) is 5.56 Å². The predicted molar refractivity (Wildman–Crippen MR) is 84.1 cm³/mol. The third kappa shape index (κ3) is 5.20. The number of aromatic nitrogens is 1. The highest BCUT2D eigenvalue weighted by Crippen LogP contribution is 2.38. The van der Waals surface area contributed by atoms with E-state index in [4.69, 9.17) is 10.9 Å². The molecule has 0 fully saturated rings. The van der Waals surface area contributed by atoms with Crippen LogP contribution in [0, 0.1) is 30.3 Å². The third-order valence-corrected chi connectivity index (χ3v) is 2.57. The number of nitrogens with two attached hydrogens (primary N) is 1. The molecule has 0 aliphatic carbocycles. The Hall–Kier alpha value is -4.16. The largest absolute Gasteiger partial charge is 0.497 e. The number of nitro groups is 3. The van der Waals surface area contributed by atoms with Crippen molar-refractivity contribution in [1.29, 1.82) is 0 Å². The van der Waals surface area contributed by atoms with Gasteiger partial charge in [0.15, 0.2) is 0 Å². The number of hydrazone groups is 1. The molecule has 130 valence electrons. The Morgan fingerprint density at radius 1 is 1.08 bits per heavy atom. The molecular weight excluding hydrogens is 340 g/mol. The number of rotatable bonds is 4. The Kier molecular flexibility index (Phi) is 6.40. The first-order chi connectivity index (χ1) is 11.8. The molecule has 0 radical (unpaired) electrons. The minimum atomic E-state index is -1.21. The molecule has 0 aliphatic heterocycles. The van der Waals surface area contributed by atoms with Gasteiger partial charge in [-0.2, -0.15) is 5.10 Å². The average Bonchev–Trinajstić information content (AvgIpc) is 2.56. The Bertz CT molecular complexity index is 789. The molecule has 1 aromatic heterocycles. The number of non-ortho nitro benzene ring substituents is 1. The SMILES string of the molecule is N/N=C/c1cccnc1.O=[N+]([O-])c1cc([N+](=O)[O-])c(O)c([N+](=O)[O-])c1. The molecule has 1 aromatic carbocycles. The van der Waals surface area contributed by atoms with Crippen LogP contribution in [0.1, 0.15) is 5.56 Å². The van der Waals surface area contributed by atoms with E-state index >= 15 is 0 Å². The summed E-state index contributed by atoms with van der Waals surface area (Å²) in [6, 6.07) is 4.60. The highest BCUT2D eigenvalue weighted by molar-refractivity contribution is 5.78. The lowest BCUT2D eigenvalue weighted by molar-refractivity contribution is -0.404. The number of nitro benzene ring substituents is 3. The third-order valence-electron chi connectivity index (χ3n) is 2.57. The summed E-state index contributed by atoms with van der Waals surface area (Å²) in [6.07, 6.45) is 4.94. The zero-order valence-corrected chi connectivity index (χ0v) is 12.3. The fourth-order valence-corrected chi connectivity index (χ4v) is 1.51. The van der Waals surface area contributed by atoms with Crippen LogP contribution in [0.3, 0.4) is 0 Å². The molecule has 0 bridgehead atoms. The number of hydrogen-bond donors (Lipinski definition) is 2. The molecule has 0 saturated carbocycles. The second-order valence-electron chi connectivity index (χ2n) is 4.17. The normalized spacial score (nSPS) is 9.92. The number of hydrogen-bond acceptors (Lipinski definition) is 10. The molecule has 3 N–H and O–H groups in total. The fraction of sp³-hybridized carbons (Fsp3) is 0. The lowest BCUT2D eigenvalue weighted by Crippen LogP contribution is -1.97. The van der Waals surface area contributed by atoms with Crippen molar-refractivity contribution < 1.29 is 19.9 Å². The molecule has 0 spiro atoms. The standard InChI is InChI=1S/C6H3N3O7.C6H7N3/c10-6-4(8(13)14)1-3(7(11)12)2-5(6)9(15)16;7-9-5-6-2-1-3-8-4-6/h1-2,10H;1-5H,7H2/b;9-5+. The van der Waals surface area contributed by atoms with Crippen molar-refractivity contribution in [2.24, 2.45) is 10.9 Å². The molecule has 0 amide bonds. The molecule has 0 aliphatic rings. The van der Waals surface area contributed by atoms with E-state index in [2.05, 4.69) is 10.1 Å². The maximum absolute atomic E-state index is 10.4. The molecule has 13 nitrogen and oxygen atoms in total. The monoisotopic (exact) mass is 350 g/mol. The van der Waals surface area contributed by atoms with E-state index in [1.54, 1.807) is 18.6 Å². The van der Waals surface area contributed by atoms with Crippen molar-refractivity contribution in [3.63, 3.8) is 0 Å². The van der Waals surface area contributed by atoms with Gasteiger partial charge < -0.3 is 10.9 Å². The summed E-state index contributed by atoms with van der Waals surface area (Å²) in [5.74, 6) is 3.69. The van der Waals surface area contributed by atoms with Crippen LogP contribution in [0.2, 0.25) is 0 Å². The molecule has 25 heavy (non-hydrogen) atoms. The number of benzene rings is 1. The number of phenols is 1. The zero-order chi connectivity index (χ0) is 19.0. The number of nitrogens with zero attached hydrogens (tertiary/aromatic N) is 5. The minimum absolute atomic E-state index is 0.447. The van der Waals surface area contributed by atoms with Crippen molar-refractivity contribution in [3.05, 3.63) is 72.6 Å². The zero-order valence-electron chi connectivity index (χ0n) is 12.3. The van der Waals surface area contributed by atoms with Gasteiger partial charge in [-0.25, -0.2) is 0 Å². The van der Waals surface area contributed by atoms with E-state index < -0.39 is 37.6 Å². The minimum Gasteiger partial charge on any atom is -0.497 e. The number of aromatic hydroxyl groups is 1.